The molecule has 0 aliphatic rings. The average Bonchev–Trinajstić information content (AvgIpc) is 1.98. The summed E-state index contributed by atoms with van der Waals surface area (Å²) >= 11 is 0. The third-order valence-corrected chi connectivity index (χ3v) is 1.87. The molecular weight excluding hydrogens is 210 g/mol. The molecule has 0 amide bonds. The number of aliphatic carboxylic acids is 1. The largest absolute Gasteiger partial charge is 0.479 e. The van der Waals surface area contributed by atoms with Crippen LogP contribution in [0.15, 0.2) is 0 Å². The second-order valence-corrected chi connectivity index (χ2v) is 5.38. The third-order valence-electron chi connectivity index (χ3n) is 1.87. The first-order chi connectivity index (χ1) is 6.99. The normalized spacial score (nSPS) is 15.7. The molecule has 0 unspecified atom stereocenters. The number of carbonyl (C=O) groups excluding carboxylic acids is 1. The van der Waals surface area contributed by atoms with Crippen LogP contribution in [-0.2, 0) is 14.3 Å². The summed E-state index contributed by atoms with van der Waals surface area (Å²) in [6.45, 7) is 8.61. The highest BCUT2D eigenvalue weighted by Gasteiger charge is 2.45. The fourth-order valence-electron chi connectivity index (χ4n) is 1.27. The van der Waals surface area contributed by atoms with Crippen LogP contribution in [0.5, 0.6) is 0 Å². The van der Waals surface area contributed by atoms with Crippen LogP contribution in [-0.4, -0.2) is 28.2 Å². The first-order valence-electron chi connectivity index (χ1n) is 5.25. The predicted octanol–water partition coefficient (Wildman–Crippen LogP) is 1.16. The number of carboxylic acid groups (broad SMARTS) is 1. The van der Waals surface area contributed by atoms with E-state index in [-0.39, 0.29) is 12.3 Å². The van der Waals surface area contributed by atoms with Crippen molar-refractivity contribution in [3.63, 3.8) is 0 Å². The van der Waals surface area contributed by atoms with Crippen molar-refractivity contribution in [3.05, 3.63) is 0 Å². The number of carbonyl (C=O) groups is 2. The Kier molecular flexibility index (Phi) is 4.49. The summed E-state index contributed by atoms with van der Waals surface area (Å²) in [7, 11) is 0. The zero-order valence-electron chi connectivity index (χ0n) is 10.5. The van der Waals surface area contributed by atoms with E-state index in [0.29, 0.717) is 0 Å². The lowest BCUT2D eigenvalue weighted by Crippen LogP contribution is -2.57. The van der Waals surface area contributed by atoms with Gasteiger partial charge in [-0.15, -0.1) is 0 Å². The van der Waals surface area contributed by atoms with Crippen molar-refractivity contribution in [1.29, 1.82) is 0 Å². The van der Waals surface area contributed by atoms with E-state index in [0.717, 1.165) is 0 Å². The fraction of sp³-hybridized carbons (Fsp3) is 0.818. The summed E-state index contributed by atoms with van der Waals surface area (Å²) < 4.78 is 5.02. The first kappa shape index (κ1) is 14.9. The molecule has 5 nitrogen and oxygen atoms in total. The predicted molar refractivity (Wildman–Crippen MR) is 59.9 cm³/mol. The van der Waals surface area contributed by atoms with E-state index in [1.807, 2.05) is 0 Å². The quantitative estimate of drug-likeness (QED) is 0.559. The van der Waals surface area contributed by atoms with E-state index in [1.54, 1.807) is 34.6 Å². The van der Waals surface area contributed by atoms with Crippen LogP contribution >= 0.6 is 0 Å². The maximum atomic E-state index is 11.7. The minimum absolute atomic E-state index is 0.00591. The average molecular weight is 231 g/mol. The molecule has 0 fully saturated rings. The van der Waals surface area contributed by atoms with E-state index in [2.05, 4.69) is 0 Å². The molecule has 0 aromatic carbocycles. The van der Waals surface area contributed by atoms with Gasteiger partial charge >= 0.3 is 11.9 Å². The monoisotopic (exact) mass is 231 g/mol. The topological polar surface area (TPSA) is 89.6 Å². The Hall–Kier alpha value is -1.10. The maximum absolute atomic E-state index is 11.7. The van der Waals surface area contributed by atoms with Crippen LogP contribution in [0, 0.1) is 5.92 Å². The number of ether oxygens (including phenoxy) is 1. The number of esters is 1. The molecule has 0 aromatic heterocycles. The maximum Gasteiger partial charge on any atom is 0.338 e. The molecule has 16 heavy (non-hydrogen) atoms. The van der Waals surface area contributed by atoms with Gasteiger partial charge in [0.2, 0.25) is 5.54 Å². The molecule has 0 spiro atoms. The Morgan fingerprint density at radius 1 is 1.31 bits per heavy atom. The van der Waals surface area contributed by atoms with Gasteiger partial charge in [0.15, 0.2) is 0 Å². The highest BCUT2D eigenvalue weighted by Crippen LogP contribution is 2.20. The molecule has 0 aliphatic carbocycles. The molecule has 0 aliphatic heterocycles. The van der Waals surface area contributed by atoms with Crippen LogP contribution in [0.2, 0.25) is 0 Å². The van der Waals surface area contributed by atoms with E-state index >= 15 is 0 Å². The highest BCUT2D eigenvalue weighted by atomic mass is 16.6. The van der Waals surface area contributed by atoms with E-state index in [9.17, 15) is 9.59 Å². The molecule has 1 atom stereocenters. The SMILES string of the molecule is CC(C)C[C@](N)(C(=O)O)C(=O)OC(C)(C)C. The van der Waals surface area contributed by atoms with Gasteiger partial charge in [0.1, 0.15) is 5.60 Å². The van der Waals surface area contributed by atoms with Crippen molar-refractivity contribution >= 4 is 11.9 Å². The van der Waals surface area contributed by atoms with Crippen molar-refractivity contribution in [2.75, 3.05) is 0 Å². The van der Waals surface area contributed by atoms with E-state index in [4.69, 9.17) is 15.6 Å². The summed E-state index contributed by atoms with van der Waals surface area (Å²) in [5.74, 6) is -2.25. The molecular formula is C11H21NO4. The van der Waals surface area contributed by atoms with Gasteiger partial charge in [0.25, 0.3) is 0 Å². The van der Waals surface area contributed by atoms with Crippen LogP contribution in [0.3, 0.4) is 0 Å². The summed E-state index contributed by atoms with van der Waals surface area (Å²) in [5, 5.41) is 9.02. The van der Waals surface area contributed by atoms with E-state index in [1.165, 1.54) is 0 Å². The number of hydrogen-bond donors (Lipinski definition) is 2. The van der Waals surface area contributed by atoms with Crippen molar-refractivity contribution in [2.24, 2.45) is 11.7 Å². The number of nitrogens with two attached hydrogens (primary N) is 1. The molecule has 0 saturated carbocycles. The molecule has 0 bridgehead atoms. The second-order valence-electron chi connectivity index (χ2n) is 5.38. The van der Waals surface area contributed by atoms with Gasteiger partial charge in [-0.05, 0) is 33.1 Å². The molecule has 3 N–H and O–H groups in total. The molecule has 0 heterocycles. The van der Waals surface area contributed by atoms with E-state index < -0.39 is 23.1 Å². The molecule has 5 heteroatoms. The molecule has 0 radical (unpaired) electrons. The van der Waals surface area contributed by atoms with Gasteiger partial charge in [0, 0.05) is 0 Å². The Morgan fingerprint density at radius 3 is 2.00 bits per heavy atom. The Morgan fingerprint density at radius 2 is 1.75 bits per heavy atom. The lowest BCUT2D eigenvalue weighted by Gasteiger charge is -2.29. The minimum Gasteiger partial charge on any atom is -0.479 e. The van der Waals surface area contributed by atoms with Gasteiger partial charge in [-0.25, -0.2) is 9.59 Å². The van der Waals surface area contributed by atoms with Crippen molar-refractivity contribution in [2.45, 2.75) is 52.2 Å². The van der Waals surface area contributed by atoms with Crippen LogP contribution in [0.1, 0.15) is 41.0 Å². The second kappa shape index (κ2) is 4.82. The summed E-state index contributed by atoms with van der Waals surface area (Å²) in [6.07, 6.45) is 0.0528. The number of carboxylic acids is 1. The molecule has 94 valence electrons. The molecule has 0 saturated heterocycles. The summed E-state index contributed by atoms with van der Waals surface area (Å²) in [6, 6.07) is 0. The molecule has 0 rings (SSSR count). The zero-order valence-corrected chi connectivity index (χ0v) is 10.5. The van der Waals surface area contributed by atoms with Gasteiger partial charge in [-0.2, -0.15) is 0 Å². The lowest BCUT2D eigenvalue weighted by molar-refractivity contribution is -0.170. The van der Waals surface area contributed by atoms with Crippen LogP contribution in [0.4, 0.5) is 0 Å². The third kappa shape index (κ3) is 4.18. The zero-order chi connectivity index (χ0) is 13.1. The van der Waals surface area contributed by atoms with Gasteiger partial charge < -0.3 is 15.6 Å². The number of rotatable bonds is 4. The summed E-state index contributed by atoms with van der Waals surface area (Å²) in [5.41, 5.74) is 2.92. The Bertz CT molecular complexity index is 280. The number of hydrogen-bond acceptors (Lipinski definition) is 4. The standard InChI is InChI=1S/C11H21NO4/c1-7(2)6-11(12,8(13)14)9(15)16-10(3,4)5/h7H,6,12H2,1-5H3,(H,13,14)/t11-/m0/s1. The Labute approximate surface area is 96.0 Å². The lowest BCUT2D eigenvalue weighted by atomic mass is 9.90. The van der Waals surface area contributed by atoms with Gasteiger partial charge in [0.05, 0.1) is 0 Å². The van der Waals surface area contributed by atoms with Crippen molar-refractivity contribution < 1.29 is 19.4 Å². The minimum atomic E-state index is -1.96. The van der Waals surface area contributed by atoms with Crippen LogP contribution < -0.4 is 5.73 Å². The molecule has 0 aromatic rings. The first-order valence-corrected chi connectivity index (χ1v) is 5.25. The highest BCUT2D eigenvalue weighted by molar-refractivity contribution is 6.03. The van der Waals surface area contributed by atoms with Gasteiger partial charge in [-0.3, -0.25) is 0 Å². The van der Waals surface area contributed by atoms with Gasteiger partial charge in [-0.1, -0.05) is 13.8 Å². The fourth-order valence-corrected chi connectivity index (χ4v) is 1.27. The Balaban J connectivity index is 4.92. The van der Waals surface area contributed by atoms with Crippen LogP contribution in [0.25, 0.3) is 0 Å². The van der Waals surface area contributed by atoms with Crippen molar-refractivity contribution in [3.8, 4) is 0 Å². The summed E-state index contributed by atoms with van der Waals surface area (Å²) in [4.78, 5) is 22.8. The smallest absolute Gasteiger partial charge is 0.338 e. The van der Waals surface area contributed by atoms with Crippen molar-refractivity contribution in [1.82, 2.24) is 0 Å².